The van der Waals surface area contributed by atoms with E-state index >= 15 is 0 Å². The van der Waals surface area contributed by atoms with Gasteiger partial charge >= 0.3 is 0 Å². The quantitative estimate of drug-likeness (QED) is 0.641. The molecule has 0 spiro atoms. The molecule has 0 saturated carbocycles. The molecule has 0 aliphatic heterocycles. The maximum atomic E-state index is 5.36. The summed E-state index contributed by atoms with van der Waals surface area (Å²) in [7, 11) is 0. The van der Waals surface area contributed by atoms with Crippen LogP contribution in [0.1, 0.15) is 11.1 Å². The van der Waals surface area contributed by atoms with E-state index in [1.54, 1.807) is 6.26 Å². The molecule has 0 aliphatic rings. The molecule has 0 aliphatic carbocycles. The summed E-state index contributed by atoms with van der Waals surface area (Å²) in [6, 6.07) is 10.2. The lowest BCUT2D eigenvalue weighted by Crippen LogP contribution is -1.84. The van der Waals surface area contributed by atoms with Gasteiger partial charge in [0, 0.05) is 5.56 Å². The Bertz CT molecular complexity index is 399. The summed E-state index contributed by atoms with van der Waals surface area (Å²) in [5.41, 5.74) is 3.77. The molecule has 66 valence electrons. The van der Waals surface area contributed by atoms with Crippen molar-refractivity contribution in [1.82, 2.24) is 0 Å². The van der Waals surface area contributed by atoms with Crippen LogP contribution in [0.5, 0.6) is 0 Å². The van der Waals surface area contributed by atoms with Gasteiger partial charge in [-0.25, -0.2) is 0 Å². The minimum absolute atomic E-state index is 0.946. The van der Waals surface area contributed by atoms with Crippen LogP contribution in [0.4, 0.5) is 0 Å². The predicted molar refractivity (Wildman–Crippen MR) is 53.6 cm³/mol. The summed E-state index contributed by atoms with van der Waals surface area (Å²) < 4.78 is 5.36. The number of rotatable bonds is 1. The van der Waals surface area contributed by atoms with Gasteiger partial charge in [0.25, 0.3) is 0 Å². The van der Waals surface area contributed by atoms with E-state index in [2.05, 4.69) is 32.0 Å². The summed E-state index contributed by atoms with van der Waals surface area (Å²) >= 11 is 0. The number of furan rings is 1. The van der Waals surface area contributed by atoms with Crippen LogP contribution in [0.2, 0.25) is 0 Å². The van der Waals surface area contributed by atoms with E-state index in [9.17, 15) is 0 Å². The minimum Gasteiger partial charge on any atom is -0.464 e. The molecule has 1 heteroatoms. The fourth-order valence-corrected chi connectivity index (χ4v) is 1.45. The summed E-state index contributed by atoms with van der Waals surface area (Å²) in [5, 5.41) is 0. The highest BCUT2D eigenvalue weighted by molar-refractivity contribution is 5.63. The highest BCUT2D eigenvalue weighted by Crippen LogP contribution is 2.25. The molecule has 1 nitrogen and oxygen atoms in total. The first-order valence-electron chi connectivity index (χ1n) is 4.39. The smallest absolute Gasteiger partial charge is 0.134 e. The van der Waals surface area contributed by atoms with Gasteiger partial charge in [-0.1, -0.05) is 18.2 Å². The number of aryl methyl sites for hydroxylation is 1. The van der Waals surface area contributed by atoms with Gasteiger partial charge in [-0.05, 0) is 37.1 Å². The summed E-state index contributed by atoms with van der Waals surface area (Å²) in [6.45, 7) is 4.23. The Morgan fingerprint density at radius 2 is 1.85 bits per heavy atom. The van der Waals surface area contributed by atoms with Crippen molar-refractivity contribution in [1.29, 1.82) is 0 Å². The van der Waals surface area contributed by atoms with Crippen LogP contribution in [0.3, 0.4) is 0 Å². The second-order valence-corrected chi connectivity index (χ2v) is 3.22. The molecule has 2 aromatic rings. The van der Waals surface area contributed by atoms with Crippen LogP contribution >= 0.6 is 0 Å². The van der Waals surface area contributed by atoms with Gasteiger partial charge in [-0.15, -0.1) is 0 Å². The Morgan fingerprint density at radius 3 is 2.54 bits per heavy atom. The van der Waals surface area contributed by atoms with Crippen LogP contribution in [0, 0.1) is 13.8 Å². The number of hydrogen-bond acceptors (Lipinski definition) is 1. The molecule has 0 unspecified atom stereocenters. The van der Waals surface area contributed by atoms with Crippen molar-refractivity contribution >= 4 is 0 Å². The lowest BCUT2D eigenvalue weighted by Gasteiger charge is -2.04. The minimum atomic E-state index is 0.946. The third kappa shape index (κ3) is 1.37. The van der Waals surface area contributed by atoms with E-state index < -0.39 is 0 Å². The average molecular weight is 172 g/mol. The largest absolute Gasteiger partial charge is 0.464 e. The van der Waals surface area contributed by atoms with Crippen molar-refractivity contribution in [2.75, 3.05) is 0 Å². The van der Waals surface area contributed by atoms with Gasteiger partial charge in [-0.3, -0.25) is 0 Å². The zero-order valence-corrected chi connectivity index (χ0v) is 7.87. The fraction of sp³-hybridized carbons (Fsp3) is 0.167. The van der Waals surface area contributed by atoms with Crippen molar-refractivity contribution < 1.29 is 4.42 Å². The lowest BCUT2D eigenvalue weighted by atomic mass is 10.0. The zero-order valence-electron chi connectivity index (χ0n) is 7.87. The molecule has 13 heavy (non-hydrogen) atoms. The van der Waals surface area contributed by atoms with Gasteiger partial charge < -0.3 is 4.42 Å². The molecule has 0 N–H and O–H groups in total. The van der Waals surface area contributed by atoms with Crippen LogP contribution < -0.4 is 0 Å². The number of hydrogen-bond donors (Lipinski definition) is 0. The Hall–Kier alpha value is -1.50. The molecule has 1 heterocycles. The first-order chi connectivity index (χ1) is 6.29. The van der Waals surface area contributed by atoms with Crippen molar-refractivity contribution in [3.05, 3.63) is 47.7 Å². The van der Waals surface area contributed by atoms with E-state index in [1.165, 1.54) is 16.7 Å². The predicted octanol–water partition coefficient (Wildman–Crippen LogP) is 3.56. The molecular weight excluding hydrogens is 160 g/mol. The Kier molecular flexibility index (Phi) is 1.93. The molecular formula is C12H12O. The third-order valence-electron chi connectivity index (χ3n) is 2.39. The lowest BCUT2D eigenvalue weighted by molar-refractivity contribution is 0.582. The van der Waals surface area contributed by atoms with Crippen LogP contribution in [0.15, 0.2) is 41.0 Å². The van der Waals surface area contributed by atoms with Gasteiger partial charge in [0.2, 0.25) is 0 Å². The van der Waals surface area contributed by atoms with Crippen molar-refractivity contribution in [2.24, 2.45) is 0 Å². The van der Waals surface area contributed by atoms with E-state index in [4.69, 9.17) is 4.42 Å². The molecule has 0 saturated heterocycles. The summed E-state index contributed by atoms with van der Waals surface area (Å²) in [6.07, 6.45) is 1.71. The van der Waals surface area contributed by atoms with E-state index in [-0.39, 0.29) is 0 Å². The normalized spacial score (nSPS) is 10.3. The van der Waals surface area contributed by atoms with E-state index in [0.717, 1.165) is 5.76 Å². The standard InChI is InChI=1S/C12H12O/c1-9-5-3-6-11(10(9)2)12-7-4-8-13-12/h3-8H,1-2H3. The van der Waals surface area contributed by atoms with Crippen LogP contribution in [-0.4, -0.2) is 0 Å². The number of benzene rings is 1. The second kappa shape index (κ2) is 3.09. The van der Waals surface area contributed by atoms with Crippen LogP contribution in [-0.2, 0) is 0 Å². The van der Waals surface area contributed by atoms with Crippen molar-refractivity contribution in [2.45, 2.75) is 13.8 Å². The molecule has 0 radical (unpaired) electrons. The SMILES string of the molecule is Cc1cccc(-c2ccco2)c1C. The third-order valence-corrected chi connectivity index (χ3v) is 2.39. The van der Waals surface area contributed by atoms with E-state index in [0.29, 0.717) is 0 Å². The molecule has 0 amide bonds. The highest BCUT2D eigenvalue weighted by Gasteiger charge is 2.04. The Morgan fingerprint density at radius 1 is 1.00 bits per heavy atom. The first kappa shape index (κ1) is 8.11. The van der Waals surface area contributed by atoms with Gasteiger partial charge in [-0.2, -0.15) is 0 Å². The molecule has 0 atom stereocenters. The molecule has 0 fully saturated rings. The maximum Gasteiger partial charge on any atom is 0.134 e. The fourth-order valence-electron chi connectivity index (χ4n) is 1.45. The van der Waals surface area contributed by atoms with Gasteiger partial charge in [0.1, 0.15) is 5.76 Å². The molecule has 1 aromatic heterocycles. The van der Waals surface area contributed by atoms with Crippen molar-refractivity contribution in [3.8, 4) is 11.3 Å². The van der Waals surface area contributed by atoms with Gasteiger partial charge in [0.05, 0.1) is 6.26 Å². The zero-order chi connectivity index (χ0) is 9.26. The van der Waals surface area contributed by atoms with E-state index in [1.807, 2.05) is 12.1 Å². The van der Waals surface area contributed by atoms with Gasteiger partial charge in [0.15, 0.2) is 0 Å². The molecule has 1 aromatic carbocycles. The second-order valence-electron chi connectivity index (χ2n) is 3.22. The topological polar surface area (TPSA) is 13.1 Å². The summed E-state index contributed by atoms with van der Waals surface area (Å²) in [5.74, 6) is 0.946. The Labute approximate surface area is 78.0 Å². The molecule has 0 bridgehead atoms. The summed E-state index contributed by atoms with van der Waals surface area (Å²) in [4.78, 5) is 0. The first-order valence-corrected chi connectivity index (χ1v) is 4.39. The monoisotopic (exact) mass is 172 g/mol. The van der Waals surface area contributed by atoms with Crippen molar-refractivity contribution in [3.63, 3.8) is 0 Å². The maximum absolute atomic E-state index is 5.36. The Balaban J connectivity index is 2.59. The average Bonchev–Trinajstić information content (AvgIpc) is 2.62. The van der Waals surface area contributed by atoms with Crippen LogP contribution in [0.25, 0.3) is 11.3 Å². The molecule has 2 rings (SSSR count). The highest BCUT2D eigenvalue weighted by atomic mass is 16.3.